The van der Waals surface area contributed by atoms with Crippen molar-refractivity contribution in [2.75, 3.05) is 0 Å². The standard InChI is InChI=1S/C30H18IN4/c1-2-9-20(10-3-1)28-27-22-11-5-4-8-19(22)14-15-25(27)34-30(35-28)21-16-17-32-26(18-21)29-31-23-12-6-7-13-24(23)33-29/h1-18H/q-1. The maximum atomic E-state index is 5.13. The normalized spacial score (nSPS) is 12.9. The summed E-state index contributed by atoms with van der Waals surface area (Å²) in [6.45, 7) is 0. The molecule has 2 aromatic heterocycles. The Balaban J connectivity index is 1.42. The van der Waals surface area contributed by atoms with Crippen molar-refractivity contribution in [2.45, 2.75) is 0 Å². The van der Waals surface area contributed by atoms with E-state index >= 15 is 0 Å². The Labute approximate surface area is 212 Å². The first-order chi connectivity index (χ1) is 17.3. The van der Waals surface area contributed by atoms with Crippen LogP contribution in [0.4, 0.5) is 5.69 Å². The third kappa shape index (κ3) is 3.59. The van der Waals surface area contributed by atoms with Crippen LogP contribution in [0.1, 0.15) is 5.69 Å². The molecule has 0 unspecified atom stereocenters. The summed E-state index contributed by atoms with van der Waals surface area (Å²) in [6, 6.07) is 35.5. The van der Waals surface area contributed by atoms with Crippen LogP contribution in [-0.4, -0.2) is 18.7 Å². The third-order valence-corrected chi connectivity index (χ3v) is 8.93. The van der Waals surface area contributed by atoms with E-state index in [9.17, 15) is 0 Å². The van der Waals surface area contributed by atoms with Crippen LogP contribution in [0.5, 0.6) is 0 Å². The third-order valence-electron chi connectivity index (χ3n) is 6.13. The van der Waals surface area contributed by atoms with Crippen molar-refractivity contribution in [2.24, 2.45) is 4.99 Å². The molecule has 0 amide bonds. The molecule has 0 radical (unpaired) electrons. The fraction of sp³-hybridized carbons (Fsp3) is 0. The van der Waals surface area contributed by atoms with Crippen molar-refractivity contribution in [1.82, 2.24) is 15.0 Å². The minimum atomic E-state index is -0.351. The zero-order valence-electron chi connectivity index (χ0n) is 18.6. The molecule has 0 N–H and O–H groups in total. The molecule has 7 rings (SSSR count). The van der Waals surface area contributed by atoms with Crippen LogP contribution in [0.25, 0.3) is 44.3 Å². The van der Waals surface area contributed by atoms with Crippen molar-refractivity contribution in [3.63, 3.8) is 0 Å². The van der Waals surface area contributed by atoms with Crippen LogP contribution in [0, 0.1) is 3.57 Å². The number of benzene rings is 4. The van der Waals surface area contributed by atoms with Crippen molar-refractivity contribution < 1.29 is 21.2 Å². The van der Waals surface area contributed by atoms with E-state index in [2.05, 4.69) is 89.9 Å². The Morgan fingerprint density at radius 2 is 1.49 bits per heavy atom. The van der Waals surface area contributed by atoms with E-state index in [1.165, 1.54) is 8.96 Å². The Kier molecular flexibility index (Phi) is 4.87. The molecule has 0 aliphatic carbocycles. The summed E-state index contributed by atoms with van der Waals surface area (Å²) in [7, 11) is 0. The van der Waals surface area contributed by atoms with Crippen molar-refractivity contribution in [3.8, 4) is 22.6 Å². The zero-order chi connectivity index (χ0) is 23.2. The van der Waals surface area contributed by atoms with Crippen LogP contribution in [0.3, 0.4) is 0 Å². The van der Waals surface area contributed by atoms with Gasteiger partial charge >= 0.3 is 213 Å². The number of rotatable bonds is 3. The molecular formula is C30H18IN4-. The number of aromatic nitrogens is 3. The van der Waals surface area contributed by atoms with Crippen LogP contribution >= 0.6 is 0 Å². The summed E-state index contributed by atoms with van der Waals surface area (Å²) in [5, 5.41) is 3.42. The second-order valence-corrected chi connectivity index (χ2v) is 11.0. The van der Waals surface area contributed by atoms with Gasteiger partial charge in [0.1, 0.15) is 0 Å². The first-order valence-electron chi connectivity index (χ1n) is 11.4. The fourth-order valence-corrected chi connectivity index (χ4v) is 6.94. The number of fused-ring (bicyclic) bond motifs is 4. The summed E-state index contributed by atoms with van der Waals surface area (Å²) >= 11 is -0.351. The van der Waals surface area contributed by atoms with Crippen LogP contribution in [0.15, 0.2) is 114 Å². The first kappa shape index (κ1) is 20.4. The molecule has 4 nitrogen and oxygen atoms in total. The molecule has 0 fully saturated rings. The fourth-order valence-electron chi connectivity index (χ4n) is 4.47. The summed E-state index contributed by atoms with van der Waals surface area (Å²) in [5.74, 6) is 0.699. The zero-order valence-corrected chi connectivity index (χ0v) is 20.7. The van der Waals surface area contributed by atoms with Gasteiger partial charge in [0.25, 0.3) is 0 Å². The number of para-hydroxylation sites is 1. The average Bonchev–Trinajstić information content (AvgIpc) is 3.37. The van der Waals surface area contributed by atoms with Crippen LogP contribution in [-0.2, 0) is 0 Å². The van der Waals surface area contributed by atoms with E-state index in [1.807, 2.05) is 24.4 Å². The molecule has 0 saturated heterocycles. The van der Waals surface area contributed by atoms with Crippen LogP contribution in [0.2, 0.25) is 0 Å². The van der Waals surface area contributed by atoms with E-state index in [4.69, 9.17) is 15.0 Å². The van der Waals surface area contributed by atoms with Gasteiger partial charge in [0, 0.05) is 0 Å². The Hall–Kier alpha value is -3.97. The topological polar surface area (TPSA) is 51.0 Å². The molecule has 3 heterocycles. The van der Waals surface area contributed by atoms with Crippen LogP contribution < -0.4 is 21.2 Å². The predicted molar refractivity (Wildman–Crippen MR) is 137 cm³/mol. The molecule has 0 spiro atoms. The number of halogens is 1. The molecule has 0 saturated carbocycles. The van der Waals surface area contributed by atoms with Gasteiger partial charge in [-0.15, -0.1) is 0 Å². The molecular weight excluding hydrogens is 543 g/mol. The van der Waals surface area contributed by atoms with E-state index in [0.29, 0.717) is 5.82 Å². The van der Waals surface area contributed by atoms with Gasteiger partial charge in [-0.2, -0.15) is 0 Å². The molecule has 0 atom stereocenters. The number of nitrogens with zero attached hydrogens (tertiary/aromatic N) is 4. The Bertz CT molecular complexity index is 1780. The molecule has 166 valence electrons. The Morgan fingerprint density at radius 1 is 0.657 bits per heavy atom. The summed E-state index contributed by atoms with van der Waals surface area (Å²) in [6.07, 6.45) is 1.84. The van der Waals surface area contributed by atoms with Gasteiger partial charge < -0.3 is 0 Å². The van der Waals surface area contributed by atoms with Crippen molar-refractivity contribution in [1.29, 1.82) is 0 Å². The molecule has 4 aromatic carbocycles. The summed E-state index contributed by atoms with van der Waals surface area (Å²) < 4.78 is 2.43. The summed E-state index contributed by atoms with van der Waals surface area (Å²) in [4.78, 5) is 19.7. The molecule has 1 aliphatic rings. The van der Waals surface area contributed by atoms with Gasteiger partial charge in [-0.3, -0.25) is 0 Å². The second kappa shape index (κ2) is 8.36. The molecule has 35 heavy (non-hydrogen) atoms. The van der Waals surface area contributed by atoms with Gasteiger partial charge in [0.15, 0.2) is 0 Å². The van der Waals surface area contributed by atoms with Gasteiger partial charge in [-0.25, -0.2) is 0 Å². The summed E-state index contributed by atoms with van der Waals surface area (Å²) in [5.41, 5.74) is 5.89. The molecule has 1 aliphatic heterocycles. The van der Waals surface area contributed by atoms with Gasteiger partial charge in [0.2, 0.25) is 0 Å². The Morgan fingerprint density at radius 3 is 2.40 bits per heavy atom. The van der Waals surface area contributed by atoms with Gasteiger partial charge in [0.05, 0.1) is 0 Å². The maximum absolute atomic E-state index is 5.13. The first-order valence-corrected chi connectivity index (χ1v) is 13.5. The predicted octanol–water partition coefficient (Wildman–Crippen LogP) is 3.86. The SMILES string of the molecule is c1ccc(-c2nc(-c3ccnc(C4=Nc5ccccc5[I-]4)c3)nc3ccc4ccccc4c23)cc1. The quantitative estimate of drug-likeness (QED) is 0.244. The second-order valence-electron chi connectivity index (χ2n) is 8.32. The minimum absolute atomic E-state index is 0.351. The van der Waals surface area contributed by atoms with E-state index in [1.54, 1.807) is 0 Å². The van der Waals surface area contributed by atoms with Crippen molar-refractivity contribution in [3.05, 3.63) is 119 Å². The van der Waals surface area contributed by atoms with E-state index < -0.39 is 0 Å². The van der Waals surface area contributed by atoms with E-state index in [0.717, 1.165) is 48.2 Å². The van der Waals surface area contributed by atoms with Gasteiger partial charge in [-0.05, 0) is 0 Å². The molecule has 0 bridgehead atoms. The van der Waals surface area contributed by atoms with E-state index in [-0.39, 0.29) is 21.2 Å². The average molecular weight is 561 g/mol. The number of hydrogen-bond acceptors (Lipinski definition) is 4. The van der Waals surface area contributed by atoms with Gasteiger partial charge in [-0.1, -0.05) is 0 Å². The number of hydrogen-bond donors (Lipinski definition) is 0. The monoisotopic (exact) mass is 561 g/mol. The van der Waals surface area contributed by atoms with Crippen molar-refractivity contribution >= 4 is 31.1 Å². The number of aliphatic imine (C=N–C) groups is 1. The molecule has 5 heteroatoms. The molecule has 6 aromatic rings. The number of pyridine rings is 1.